The van der Waals surface area contributed by atoms with Crippen molar-refractivity contribution in [1.82, 2.24) is 0 Å². The van der Waals surface area contributed by atoms with Crippen molar-refractivity contribution >= 4 is 11.9 Å². The molecule has 0 aliphatic rings. The molecule has 6 heteroatoms. The summed E-state index contributed by atoms with van der Waals surface area (Å²) in [6.45, 7) is 4.14. The number of ether oxygens (including phenoxy) is 4. The van der Waals surface area contributed by atoms with Gasteiger partial charge in [-0.3, -0.25) is 0 Å². The van der Waals surface area contributed by atoms with Gasteiger partial charge in [0.1, 0.15) is 24.7 Å². The minimum atomic E-state index is -0.443. The van der Waals surface area contributed by atoms with Crippen LogP contribution in [0, 0.1) is 0 Å². The van der Waals surface area contributed by atoms with Crippen LogP contribution in [0.25, 0.3) is 0 Å². The van der Waals surface area contributed by atoms with Gasteiger partial charge in [0.15, 0.2) is 13.2 Å². The molecule has 0 unspecified atom stereocenters. The van der Waals surface area contributed by atoms with Crippen LogP contribution in [-0.2, 0) is 45.1 Å². The van der Waals surface area contributed by atoms with Gasteiger partial charge >= 0.3 is 11.9 Å². The first kappa shape index (κ1) is 24.8. The third-order valence-corrected chi connectivity index (χ3v) is 5.20. The summed E-state index contributed by atoms with van der Waals surface area (Å²) < 4.78 is 21.4. The highest BCUT2D eigenvalue weighted by molar-refractivity contribution is 5.71. The Kier molecular flexibility index (Phi) is 9.52. The highest BCUT2D eigenvalue weighted by atomic mass is 16.6. The van der Waals surface area contributed by atoms with E-state index in [2.05, 4.69) is 13.8 Å². The Balaban J connectivity index is 1.33. The fraction of sp³-hybridized carbons (Fsp3) is 0.286. The lowest BCUT2D eigenvalue weighted by Crippen LogP contribution is -2.15. The summed E-state index contributed by atoms with van der Waals surface area (Å²) >= 11 is 0. The number of aryl methyl sites for hydroxylation is 2. The largest absolute Gasteiger partial charge is 0.482 e. The van der Waals surface area contributed by atoms with Crippen LogP contribution in [0.1, 0.15) is 36.1 Å². The van der Waals surface area contributed by atoms with Gasteiger partial charge in [-0.05, 0) is 59.4 Å². The zero-order chi connectivity index (χ0) is 24.2. The van der Waals surface area contributed by atoms with Crippen molar-refractivity contribution in [2.75, 3.05) is 13.2 Å². The van der Waals surface area contributed by atoms with E-state index in [9.17, 15) is 9.59 Å². The number of carbonyl (C=O) groups excluding carboxylic acids is 2. The van der Waals surface area contributed by atoms with Crippen molar-refractivity contribution in [3.63, 3.8) is 0 Å². The van der Waals surface area contributed by atoms with Crippen molar-refractivity contribution in [3.8, 4) is 11.5 Å². The zero-order valence-corrected chi connectivity index (χ0v) is 19.6. The molecule has 0 bridgehead atoms. The lowest BCUT2D eigenvalue weighted by atomic mass is 10.1. The van der Waals surface area contributed by atoms with Gasteiger partial charge < -0.3 is 18.9 Å². The number of hydrogen-bond donors (Lipinski definition) is 0. The van der Waals surface area contributed by atoms with E-state index in [1.807, 2.05) is 72.8 Å². The summed E-state index contributed by atoms with van der Waals surface area (Å²) in [7, 11) is 0. The maximum Gasteiger partial charge on any atom is 0.344 e. The Bertz CT molecular complexity index is 953. The maximum absolute atomic E-state index is 11.9. The molecule has 0 amide bonds. The number of rotatable bonds is 12. The van der Waals surface area contributed by atoms with E-state index < -0.39 is 11.9 Å². The Labute approximate surface area is 200 Å². The van der Waals surface area contributed by atoms with Crippen LogP contribution in [0.3, 0.4) is 0 Å². The van der Waals surface area contributed by atoms with Gasteiger partial charge in [-0.15, -0.1) is 0 Å². The number of esters is 2. The van der Waals surface area contributed by atoms with Crippen molar-refractivity contribution < 1.29 is 28.5 Å². The second-order valence-electron chi connectivity index (χ2n) is 7.71. The van der Waals surface area contributed by atoms with Gasteiger partial charge in [0.2, 0.25) is 0 Å². The molecule has 3 rings (SSSR count). The third-order valence-electron chi connectivity index (χ3n) is 5.20. The Hall–Kier alpha value is -3.80. The van der Waals surface area contributed by atoms with Crippen LogP contribution in [0.2, 0.25) is 0 Å². The van der Waals surface area contributed by atoms with E-state index in [1.54, 1.807) is 0 Å². The van der Waals surface area contributed by atoms with Crippen LogP contribution >= 0.6 is 0 Å². The normalized spacial score (nSPS) is 10.4. The van der Waals surface area contributed by atoms with Crippen LogP contribution in [0.15, 0.2) is 72.8 Å². The summed E-state index contributed by atoms with van der Waals surface area (Å²) in [5.74, 6) is 0.379. The molecular weight excluding hydrogens is 432 g/mol. The van der Waals surface area contributed by atoms with Crippen molar-refractivity contribution in [1.29, 1.82) is 0 Å². The van der Waals surface area contributed by atoms with E-state index in [-0.39, 0.29) is 26.4 Å². The fourth-order valence-electron chi connectivity index (χ4n) is 3.07. The number of carbonyl (C=O) groups is 2. The standard InChI is InChI=1S/C28H30O6/c1-3-21-9-13-25(14-10-21)31-19-27(29)33-17-23-5-7-24(8-6-23)18-34-28(30)20-32-26-15-11-22(4-2)12-16-26/h5-16H,3-4,17-20H2,1-2H3. The van der Waals surface area contributed by atoms with Gasteiger partial charge in [-0.25, -0.2) is 9.59 Å². The first-order valence-electron chi connectivity index (χ1n) is 11.4. The summed E-state index contributed by atoms with van der Waals surface area (Å²) in [5, 5.41) is 0. The lowest BCUT2D eigenvalue weighted by Gasteiger charge is -2.09. The van der Waals surface area contributed by atoms with Crippen LogP contribution in [-0.4, -0.2) is 25.2 Å². The highest BCUT2D eigenvalue weighted by Crippen LogP contribution is 2.14. The molecule has 3 aromatic rings. The van der Waals surface area contributed by atoms with E-state index in [0.717, 1.165) is 24.0 Å². The van der Waals surface area contributed by atoms with Crippen LogP contribution in [0.5, 0.6) is 11.5 Å². The summed E-state index contributed by atoms with van der Waals surface area (Å²) in [5.41, 5.74) is 4.07. The van der Waals surface area contributed by atoms with Gasteiger partial charge in [0.25, 0.3) is 0 Å². The monoisotopic (exact) mass is 462 g/mol. The number of benzene rings is 3. The molecule has 0 aromatic heterocycles. The fourth-order valence-corrected chi connectivity index (χ4v) is 3.07. The molecule has 0 atom stereocenters. The smallest absolute Gasteiger partial charge is 0.344 e. The van der Waals surface area contributed by atoms with Gasteiger partial charge in [0.05, 0.1) is 0 Å². The van der Waals surface area contributed by atoms with Gasteiger partial charge in [0, 0.05) is 0 Å². The predicted octanol–water partition coefficient (Wildman–Crippen LogP) is 5.06. The Morgan fingerprint density at radius 3 is 1.18 bits per heavy atom. The number of hydrogen-bond acceptors (Lipinski definition) is 6. The Morgan fingerprint density at radius 1 is 0.529 bits per heavy atom. The Morgan fingerprint density at radius 2 is 0.853 bits per heavy atom. The predicted molar refractivity (Wildman–Crippen MR) is 129 cm³/mol. The molecule has 0 saturated heterocycles. The molecular formula is C28H30O6. The molecule has 6 nitrogen and oxygen atoms in total. The average molecular weight is 463 g/mol. The first-order valence-corrected chi connectivity index (χ1v) is 11.4. The van der Waals surface area contributed by atoms with E-state index in [4.69, 9.17) is 18.9 Å². The molecule has 0 radical (unpaired) electrons. The molecule has 0 spiro atoms. The molecule has 0 N–H and O–H groups in total. The first-order chi connectivity index (χ1) is 16.6. The van der Waals surface area contributed by atoms with Crippen LogP contribution in [0.4, 0.5) is 0 Å². The van der Waals surface area contributed by atoms with E-state index in [1.165, 1.54) is 11.1 Å². The SMILES string of the molecule is CCc1ccc(OCC(=O)OCc2ccc(COC(=O)COc3ccc(CC)cc3)cc2)cc1. The quantitative estimate of drug-likeness (QED) is 0.351. The molecule has 0 aliphatic heterocycles. The van der Waals surface area contributed by atoms with Crippen molar-refractivity contribution in [2.45, 2.75) is 39.9 Å². The average Bonchev–Trinajstić information content (AvgIpc) is 2.89. The minimum Gasteiger partial charge on any atom is -0.482 e. The summed E-state index contributed by atoms with van der Waals surface area (Å²) in [6.07, 6.45) is 1.90. The molecule has 34 heavy (non-hydrogen) atoms. The molecule has 0 fully saturated rings. The molecule has 0 aliphatic carbocycles. The maximum atomic E-state index is 11.9. The van der Waals surface area contributed by atoms with Gasteiger partial charge in [-0.2, -0.15) is 0 Å². The van der Waals surface area contributed by atoms with E-state index >= 15 is 0 Å². The van der Waals surface area contributed by atoms with Crippen LogP contribution < -0.4 is 9.47 Å². The minimum absolute atomic E-state index is 0.141. The molecule has 0 heterocycles. The lowest BCUT2D eigenvalue weighted by molar-refractivity contribution is -0.148. The molecule has 0 saturated carbocycles. The zero-order valence-electron chi connectivity index (χ0n) is 19.6. The summed E-state index contributed by atoms with van der Waals surface area (Å²) in [6, 6.07) is 22.5. The summed E-state index contributed by atoms with van der Waals surface area (Å²) in [4.78, 5) is 23.9. The third kappa shape index (κ3) is 8.28. The van der Waals surface area contributed by atoms with E-state index in [0.29, 0.717) is 11.5 Å². The molecule has 178 valence electrons. The second-order valence-corrected chi connectivity index (χ2v) is 7.71. The second kappa shape index (κ2) is 13.0. The van der Waals surface area contributed by atoms with Crippen molar-refractivity contribution in [2.24, 2.45) is 0 Å². The topological polar surface area (TPSA) is 71.1 Å². The van der Waals surface area contributed by atoms with Crippen molar-refractivity contribution in [3.05, 3.63) is 95.1 Å². The van der Waals surface area contributed by atoms with Gasteiger partial charge in [-0.1, -0.05) is 62.4 Å². The highest BCUT2D eigenvalue weighted by Gasteiger charge is 2.07. The molecule has 3 aromatic carbocycles.